The summed E-state index contributed by atoms with van der Waals surface area (Å²) in [4.78, 5) is 18.5. The van der Waals surface area contributed by atoms with E-state index in [1.165, 1.54) is 0 Å². The highest BCUT2D eigenvalue weighted by Crippen LogP contribution is 2.41. The molecular formula is C27H23Cl2N5O2. The summed E-state index contributed by atoms with van der Waals surface area (Å²) in [5.41, 5.74) is 4.17. The highest BCUT2D eigenvalue weighted by atomic mass is 35.5. The van der Waals surface area contributed by atoms with E-state index in [4.69, 9.17) is 38.0 Å². The predicted molar refractivity (Wildman–Crippen MR) is 143 cm³/mol. The van der Waals surface area contributed by atoms with Crippen LogP contribution in [0.25, 0.3) is 11.4 Å². The van der Waals surface area contributed by atoms with Crippen LogP contribution in [-0.4, -0.2) is 27.8 Å². The number of nitrogens with zero attached hydrogens (tertiary/aromatic N) is 3. The fourth-order valence-electron chi connectivity index (χ4n) is 4.34. The molecule has 36 heavy (non-hydrogen) atoms. The number of carbonyl (C=O) groups is 1. The van der Waals surface area contributed by atoms with Crippen molar-refractivity contribution in [2.75, 3.05) is 17.7 Å². The van der Waals surface area contributed by atoms with E-state index in [0.717, 1.165) is 11.1 Å². The normalized spacial score (nSPS) is 14.8. The number of halogens is 2. The van der Waals surface area contributed by atoms with Gasteiger partial charge >= 0.3 is 0 Å². The first kappa shape index (κ1) is 23.9. The van der Waals surface area contributed by atoms with Crippen LogP contribution in [0.1, 0.15) is 24.1 Å². The number of anilines is 2. The molecule has 1 unspecified atom stereocenters. The van der Waals surface area contributed by atoms with Gasteiger partial charge in [0.05, 0.1) is 28.4 Å². The highest BCUT2D eigenvalue weighted by molar-refractivity contribution is 6.42. The molecule has 0 fully saturated rings. The molecule has 182 valence electrons. The molecule has 1 amide bonds. The van der Waals surface area contributed by atoms with E-state index in [9.17, 15) is 4.79 Å². The minimum Gasteiger partial charge on any atom is -0.495 e. The summed E-state index contributed by atoms with van der Waals surface area (Å²) >= 11 is 13.1. The maximum atomic E-state index is 13.8. The van der Waals surface area contributed by atoms with Gasteiger partial charge in [-0.25, -0.2) is 4.68 Å². The summed E-state index contributed by atoms with van der Waals surface area (Å²) < 4.78 is 7.10. The van der Waals surface area contributed by atoms with Crippen molar-refractivity contribution in [3.63, 3.8) is 0 Å². The molecule has 7 nitrogen and oxygen atoms in total. The number of hydrogen-bond acceptors (Lipinski definition) is 5. The van der Waals surface area contributed by atoms with E-state index in [0.29, 0.717) is 50.1 Å². The smallest absolute Gasteiger partial charge is 0.255 e. The van der Waals surface area contributed by atoms with Crippen molar-refractivity contribution in [2.24, 2.45) is 0 Å². The molecule has 9 heteroatoms. The van der Waals surface area contributed by atoms with Crippen LogP contribution in [0.5, 0.6) is 5.75 Å². The first-order valence-electron chi connectivity index (χ1n) is 11.3. The molecule has 0 saturated carbocycles. The van der Waals surface area contributed by atoms with E-state index >= 15 is 0 Å². The van der Waals surface area contributed by atoms with E-state index in [-0.39, 0.29) is 5.91 Å². The number of amides is 1. The van der Waals surface area contributed by atoms with Crippen molar-refractivity contribution >= 4 is 40.7 Å². The van der Waals surface area contributed by atoms with Gasteiger partial charge in [-0.05, 0) is 37.6 Å². The summed E-state index contributed by atoms with van der Waals surface area (Å²) in [6.45, 7) is 3.83. The molecule has 1 aliphatic rings. The Kier molecular flexibility index (Phi) is 6.43. The first-order valence-corrected chi connectivity index (χ1v) is 12.0. The fraction of sp³-hybridized carbons (Fsp3) is 0.148. The van der Waals surface area contributed by atoms with Gasteiger partial charge in [0.2, 0.25) is 5.95 Å². The largest absolute Gasteiger partial charge is 0.495 e. The lowest BCUT2D eigenvalue weighted by Gasteiger charge is -2.29. The van der Waals surface area contributed by atoms with Crippen LogP contribution in [0, 0.1) is 6.92 Å². The van der Waals surface area contributed by atoms with Gasteiger partial charge in [0.25, 0.3) is 5.91 Å². The van der Waals surface area contributed by atoms with Crippen LogP contribution >= 0.6 is 23.2 Å². The Morgan fingerprint density at radius 1 is 1.03 bits per heavy atom. The molecular weight excluding hydrogens is 497 g/mol. The number of aryl methyl sites for hydroxylation is 1. The molecule has 1 atom stereocenters. The van der Waals surface area contributed by atoms with Crippen LogP contribution in [0.4, 0.5) is 11.6 Å². The minimum absolute atomic E-state index is 0.330. The number of allylic oxidation sites excluding steroid dienone is 1. The SMILES string of the molecule is COc1ccccc1NC(=O)C1=C(C)Nc2nc(-c3ccccc3C)nn2C1c1cccc(Cl)c1Cl. The third kappa shape index (κ3) is 4.21. The third-order valence-corrected chi connectivity index (χ3v) is 6.95. The standard InChI is InChI=1S/C27H23Cl2N5O2/c1-15-9-4-5-10-17(15)25-32-27-30-16(2)22(26(35)31-20-13-6-7-14-21(20)36-3)24(34(27)33-25)18-11-8-12-19(28)23(18)29/h4-14,24H,1-3H3,(H,31,35)(H,30,32,33). The molecule has 2 heterocycles. The second kappa shape index (κ2) is 9.68. The summed E-state index contributed by atoms with van der Waals surface area (Å²) in [7, 11) is 1.56. The second-order valence-electron chi connectivity index (χ2n) is 8.38. The Hall–Kier alpha value is -3.81. The fourth-order valence-corrected chi connectivity index (χ4v) is 4.75. The van der Waals surface area contributed by atoms with Gasteiger partial charge in [-0.1, -0.05) is 71.7 Å². The summed E-state index contributed by atoms with van der Waals surface area (Å²) in [5, 5.41) is 11.8. The van der Waals surface area contributed by atoms with Gasteiger partial charge in [0.15, 0.2) is 5.82 Å². The van der Waals surface area contributed by atoms with Crippen molar-refractivity contribution in [1.82, 2.24) is 14.8 Å². The Morgan fingerprint density at radius 2 is 1.78 bits per heavy atom. The molecule has 0 spiro atoms. The molecule has 2 N–H and O–H groups in total. The Morgan fingerprint density at radius 3 is 2.56 bits per heavy atom. The average molecular weight is 520 g/mol. The lowest BCUT2D eigenvalue weighted by molar-refractivity contribution is -0.113. The highest BCUT2D eigenvalue weighted by Gasteiger charge is 2.36. The number of hydrogen-bond donors (Lipinski definition) is 2. The number of aromatic nitrogens is 3. The van der Waals surface area contributed by atoms with Crippen molar-refractivity contribution in [3.8, 4) is 17.1 Å². The summed E-state index contributed by atoms with van der Waals surface area (Å²) in [6, 6.07) is 19.8. The lowest BCUT2D eigenvalue weighted by atomic mass is 9.95. The lowest BCUT2D eigenvalue weighted by Crippen LogP contribution is -2.31. The number of carbonyl (C=O) groups excluding carboxylic acids is 1. The zero-order chi connectivity index (χ0) is 25.4. The molecule has 0 radical (unpaired) electrons. The Bertz CT molecular complexity index is 1510. The van der Waals surface area contributed by atoms with Crippen molar-refractivity contribution in [1.29, 1.82) is 0 Å². The number of benzene rings is 3. The molecule has 4 aromatic rings. The maximum Gasteiger partial charge on any atom is 0.255 e. The average Bonchev–Trinajstić information content (AvgIpc) is 3.29. The summed E-state index contributed by atoms with van der Waals surface area (Å²) in [6.07, 6.45) is 0. The van der Waals surface area contributed by atoms with Gasteiger partial charge in [-0.2, -0.15) is 4.98 Å². The monoisotopic (exact) mass is 519 g/mol. The number of rotatable bonds is 5. The molecule has 0 saturated heterocycles. The van der Waals surface area contributed by atoms with Crippen LogP contribution in [0.2, 0.25) is 10.0 Å². The maximum absolute atomic E-state index is 13.8. The van der Waals surface area contributed by atoms with Gasteiger partial charge < -0.3 is 15.4 Å². The van der Waals surface area contributed by atoms with Crippen molar-refractivity contribution in [2.45, 2.75) is 19.9 Å². The van der Waals surface area contributed by atoms with Gasteiger partial charge in [-0.15, -0.1) is 5.10 Å². The second-order valence-corrected chi connectivity index (χ2v) is 9.17. The first-order chi connectivity index (χ1) is 17.4. The van der Waals surface area contributed by atoms with E-state index in [1.807, 2.05) is 56.3 Å². The third-order valence-electron chi connectivity index (χ3n) is 6.11. The molecule has 5 rings (SSSR count). The van der Waals surface area contributed by atoms with Crippen molar-refractivity contribution in [3.05, 3.63) is 99.2 Å². The zero-order valence-corrected chi connectivity index (χ0v) is 21.4. The predicted octanol–water partition coefficient (Wildman–Crippen LogP) is 6.50. The zero-order valence-electron chi connectivity index (χ0n) is 19.8. The van der Waals surface area contributed by atoms with Gasteiger partial charge in [-0.3, -0.25) is 4.79 Å². The quantitative estimate of drug-likeness (QED) is 0.314. The number of ether oxygens (including phenoxy) is 1. The van der Waals surface area contributed by atoms with Crippen LogP contribution in [-0.2, 0) is 4.79 Å². The Balaban J connectivity index is 1.65. The Labute approximate surface area is 218 Å². The van der Waals surface area contributed by atoms with Gasteiger partial charge in [0.1, 0.15) is 11.8 Å². The minimum atomic E-state index is -0.674. The van der Waals surface area contributed by atoms with Crippen LogP contribution < -0.4 is 15.4 Å². The number of fused-ring (bicyclic) bond motifs is 1. The van der Waals surface area contributed by atoms with E-state index < -0.39 is 6.04 Å². The number of methoxy groups -OCH3 is 1. The number of nitrogens with one attached hydrogen (secondary N) is 2. The molecule has 0 aliphatic carbocycles. The van der Waals surface area contributed by atoms with Crippen LogP contribution in [0.15, 0.2) is 78.0 Å². The topological polar surface area (TPSA) is 81.1 Å². The van der Waals surface area contributed by atoms with Gasteiger partial charge in [0, 0.05) is 16.8 Å². The van der Waals surface area contributed by atoms with Crippen molar-refractivity contribution < 1.29 is 9.53 Å². The van der Waals surface area contributed by atoms with E-state index in [1.54, 1.807) is 36.1 Å². The van der Waals surface area contributed by atoms with E-state index in [2.05, 4.69) is 10.6 Å². The summed E-state index contributed by atoms with van der Waals surface area (Å²) in [5.74, 6) is 1.26. The molecule has 1 aliphatic heterocycles. The number of para-hydroxylation sites is 2. The molecule has 3 aromatic carbocycles. The molecule has 0 bridgehead atoms. The van der Waals surface area contributed by atoms with Crippen LogP contribution in [0.3, 0.4) is 0 Å². The molecule has 1 aromatic heterocycles.